The molecular formula is C13H17ClN2O4S. The number of amides is 2. The molecule has 3 N–H and O–H groups in total. The first-order chi connectivity index (χ1) is 9.97. The average Bonchev–Trinajstić information content (AvgIpc) is 2.45. The molecule has 21 heavy (non-hydrogen) atoms. The first-order valence-corrected chi connectivity index (χ1v) is 7.88. The highest BCUT2D eigenvalue weighted by Crippen LogP contribution is 2.27. The first kappa shape index (κ1) is 17.5. The van der Waals surface area contributed by atoms with Gasteiger partial charge in [-0.15, -0.1) is 0 Å². The maximum atomic E-state index is 11.8. The van der Waals surface area contributed by atoms with Crippen LogP contribution in [0.5, 0.6) is 5.75 Å². The second kappa shape index (κ2) is 8.63. The lowest BCUT2D eigenvalue weighted by Crippen LogP contribution is -2.43. The monoisotopic (exact) mass is 332 g/mol. The van der Waals surface area contributed by atoms with E-state index >= 15 is 0 Å². The van der Waals surface area contributed by atoms with Crippen LogP contribution in [0.4, 0.5) is 10.5 Å². The van der Waals surface area contributed by atoms with Crippen LogP contribution < -0.4 is 15.4 Å². The van der Waals surface area contributed by atoms with E-state index in [-0.39, 0.29) is 0 Å². The molecule has 1 rings (SSSR count). The number of nitrogens with one attached hydrogen (secondary N) is 2. The molecule has 0 fully saturated rings. The van der Waals surface area contributed by atoms with Crippen molar-refractivity contribution < 1.29 is 19.4 Å². The summed E-state index contributed by atoms with van der Waals surface area (Å²) in [6.07, 6.45) is 2.23. The first-order valence-electron chi connectivity index (χ1n) is 6.10. The van der Waals surface area contributed by atoms with Crippen molar-refractivity contribution in [2.75, 3.05) is 24.4 Å². The number of methoxy groups -OCH3 is 1. The van der Waals surface area contributed by atoms with Crippen LogP contribution in [0.25, 0.3) is 0 Å². The maximum absolute atomic E-state index is 11.8. The minimum absolute atomic E-state index is 0.355. The molecule has 0 saturated carbocycles. The second-order valence-electron chi connectivity index (χ2n) is 4.12. The van der Waals surface area contributed by atoms with Gasteiger partial charge in [0, 0.05) is 11.8 Å². The smallest absolute Gasteiger partial charge is 0.326 e. The predicted molar refractivity (Wildman–Crippen MR) is 84.6 cm³/mol. The Labute approximate surface area is 132 Å². The lowest BCUT2D eigenvalue weighted by atomic mass is 10.2. The zero-order valence-corrected chi connectivity index (χ0v) is 13.3. The Hall–Kier alpha value is -1.60. The van der Waals surface area contributed by atoms with Crippen LogP contribution in [-0.2, 0) is 4.79 Å². The van der Waals surface area contributed by atoms with Crippen molar-refractivity contribution in [3.8, 4) is 5.75 Å². The normalized spacial score (nSPS) is 11.6. The SMILES string of the molecule is COc1cc(NC(=O)N[C@H](CCSC)C(=O)O)ccc1Cl. The van der Waals surface area contributed by atoms with E-state index in [2.05, 4.69) is 10.6 Å². The van der Waals surface area contributed by atoms with Crippen molar-refractivity contribution in [1.82, 2.24) is 5.32 Å². The number of carboxylic acid groups (broad SMARTS) is 1. The molecule has 0 radical (unpaired) electrons. The predicted octanol–water partition coefficient (Wildman–Crippen LogP) is 2.68. The lowest BCUT2D eigenvalue weighted by molar-refractivity contribution is -0.139. The summed E-state index contributed by atoms with van der Waals surface area (Å²) in [6.45, 7) is 0. The van der Waals surface area contributed by atoms with E-state index in [0.29, 0.717) is 28.6 Å². The van der Waals surface area contributed by atoms with E-state index in [0.717, 1.165) is 0 Å². The lowest BCUT2D eigenvalue weighted by Gasteiger charge is -2.15. The number of benzene rings is 1. The number of hydrogen-bond donors (Lipinski definition) is 3. The molecule has 0 heterocycles. The van der Waals surface area contributed by atoms with Crippen molar-refractivity contribution in [2.45, 2.75) is 12.5 Å². The minimum Gasteiger partial charge on any atom is -0.495 e. The van der Waals surface area contributed by atoms with Crippen molar-refractivity contribution >= 4 is 41.1 Å². The quantitative estimate of drug-likeness (QED) is 0.714. The van der Waals surface area contributed by atoms with Crippen LogP contribution in [0.15, 0.2) is 18.2 Å². The standard InChI is InChI=1S/C13H17ClN2O4S/c1-20-11-7-8(3-4-9(11)14)15-13(19)16-10(12(17)18)5-6-21-2/h3-4,7,10H,5-6H2,1-2H3,(H,17,18)(H2,15,16,19)/t10-/m1/s1. The summed E-state index contributed by atoms with van der Waals surface area (Å²) < 4.78 is 5.04. The van der Waals surface area contributed by atoms with Crippen LogP contribution in [0.2, 0.25) is 5.02 Å². The van der Waals surface area contributed by atoms with Crippen LogP contribution in [0.1, 0.15) is 6.42 Å². The van der Waals surface area contributed by atoms with Gasteiger partial charge in [0.05, 0.1) is 12.1 Å². The van der Waals surface area contributed by atoms with Gasteiger partial charge in [0.2, 0.25) is 0 Å². The highest BCUT2D eigenvalue weighted by molar-refractivity contribution is 7.98. The fourth-order valence-electron chi connectivity index (χ4n) is 1.56. The second-order valence-corrected chi connectivity index (χ2v) is 5.51. The number of urea groups is 1. The number of aliphatic carboxylic acids is 1. The van der Waals surface area contributed by atoms with Gasteiger partial charge in [-0.25, -0.2) is 9.59 Å². The number of hydrogen-bond acceptors (Lipinski definition) is 4. The van der Waals surface area contributed by atoms with Gasteiger partial charge in [-0.1, -0.05) is 11.6 Å². The fraction of sp³-hybridized carbons (Fsp3) is 0.385. The molecule has 1 atom stereocenters. The largest absolute Gasteiger partial charge is 0.495 e. The molecule has 0 aliphatic rings. The van der Waals surface area contributed by atoms with Gasteiger partial charge in [-0.2, -0.15) is 11.8 Å². The summed E-state index contributed by atoms with van der Waals surface area (Å²) in [5.41, 5.74) is 0.461. The van der Waals surface area contributed by atoms with Gasteiger partial charge < -0.3 is 20.5 Å². The molecule has 0 aliphatic heterocycles. The third-order valence-electron chi connectivity index (χ3n) is 2.62. The summed E-state index contributed by atoms with van der Waals surface area (Å²) in [4.78, 5) is 22.9. The Balaban J connectivity index is 2.65. The Morgan fingerprint density at radius 3 is 2.76 bits per heavy atom. The van der Waals surface area contributed by atoms with Gasteiger partial charge in [-0.05, 0) is 30.6 Å². The number of thioether (sulfide) groups is 1. The molecule has 6 nitrogen and oxygen atoms in total. The highest BCUT2D eigenvalue weighted by atomic mass is 35.5. The molecule has 0 aliphatic carbocycles. The number of rotatable bonds is 7. The van der Waals surface area contributed by atoms with E-state index in [1.165, 1.54) is 18.9 Å². The number of anilines is 1. The molecule has 2 amide bonds. The van der Waals surface area contributed by atoms with Crippen molar-refractivity contribution in [1.29, 1.82) is 0 Å². The number of halogens is 1. The van der Waals surface area contributed by atoms with Gasteiger partial charge in [0.1, 0.15) is 11.8 Å². The van der Waals surface area contributed by atoms with Gasteiger partial charge >= 0.3 is 12.0 Å². The minimum atomic E-state index is -1.06. The molecular weight excluding hydrogens is 316 g/mol. The Kier molecular flexibility index (Phi) is 7.18. The molecule has 0 bridgehead atoms. The van der Waals surface area contributed by atoms with E-state index in [1.54, 1.807) is 18.2 Å². The summed E-state index contributed by atoms with van der Waals surface area (Å²) >= 11 is 7.40. The Bertz CT molecular complexity index is 513. The molecule has 0 spiro atoms. The van der Waals surface area contributed by atoms with Gasteiger partial charge in [0.15, 0.2) is 0 Å². The summed E-state index contributed by atoms with van der Waals surface area (Å²) in [5.74, 6) is 0.00552. The zero-order valence-electron chi connectivity index (χ0n) is 11.7. The maximum Gasteiger partial charge on any atom is 0.326 e. The Morgan fingerprint density at radius 2 is 2.19 bits per heavy atom. The zero-order chi connectivity index (χ0) is 15.8. The van der Waals surface area contributed by atoms with Crippen LogP contribution in [-0.4, -0.2) is 42.3 Å². The average molecular weight is 333 g/mol. The highest BCUT2D eigenvalue weighted by Gasteiger charge is 2.19. The number of carboxylic acids is 1. The molecule has 8 heteroatoms. The van der Waals surface area contributed by atoms with Gasteiger partial charge in [0.25, 0.3) is 0 Å². The topological polar surface area (TPSA) is 87.7 Å². The van der Waals surface area contributed by atoms with Crippen LogP contribution in [0, 0.1) is 0 Å². The summed E-state index contributed by atoms with van der Waals surface area (Å²) in [7, 11) is 1.47. The van der Waals surface area contributed by atoms with Crippen LogP contribution in [0.3, 0.4) is 0 Å². The number of ether oxygens (including phenoxy) is 1. The third kappa shape index (κ3) is 5.73. The summed E-state index contributed by atoms with van der Waals surface area (Å²) in [5, 5.41) is 14.4. The molecule has 1 aromatic rings. The van der Waals surface area contributed by atoms with E-state index < -0.39 is 18.0 Å². The fourth-order valence-corrected chi connectivity index (χ4v) is 2.22. The third-order valence-corrected chi connectivity index (χ3v) is 3.58. The summed E-state index contributed by atoms with van der Waals surface area (Å²) in [6, 6.07) is 3.22. The van der Waals surface area contributed by atoms with Crippen LogP contribution >= 0.6 is 23.4 Å². The van der Waals surface area contributed by atoms with E-state index in [1.807, 2.05) is 6.26 Å². The number of carbonyl (C=O) groups is 2. The number of carbonyl (C=O) groups excluding carboxylic acids is 1. The Morgan fingerprint density at radius 1 is 1.48 bits per heavy atom. The molecule has 116 valence electrons. The molecule has 0 unspecified atom stereocenters. The van der Waals surface area contributed by atoms with Crippen molar-refractivity contribution in [3.05, 3.63) is 23.2 Å². The van der Waals surface area contributed by atoms with Gasteiger partial charge in [-0.3, -0.25) is 0 Å². The van der Waals surface area contributed by atoms with Crippen molar-refractivity contribution in [2.24, 2.45) is 0 Å². The van der Waals surface area contributed by atoms with Crippen molar-refractivity contribution in [3.63, 3.8) is 0 Å². The van der Waals surface area contributed by atoms with E-state index in [9.17, 15) is 9.59 Å². The molecule has 1 aromatic carbocycles. The molecule has 0 aromatic heterocycles. The van der Waals surface area contributed by atoms with E-state index in [4.69, 9.17) is 21.4 Å². The molecule has 0 saturated heterocycles.